The Morgan fingerprint density at radius 2 is 1.68 bits per heavy atom. The monoisotopic (exact) mass is 427 g/mol. The van der Waals surface area contributed by atoms with Crippen LogP contribution < -0.4 is 5.32 Å². The fourth-order valence-corrected chi connectivity index (χ4v) is 5.45. The molecule has 2 fully saturated rings. The number of carbonyl (C=O) groups is 2. The maximum atomic E-state index is 13.0. The van der Waals surface area contributed by atoms with Crippen molar-refractivity contribution in [1.29, 1.82) is 0 Å². The lowest BCUT2D eigenvalue weighted by Gasteiger charge is -2.35. The van der Waals surface area contributed by atoms with Gasteiger partial charge in [-0.1, -0.05) is 31.0 Å². The number of benzene rings is 1. The largest absolute Gasteiger partial charge is 0.356 e. The minimum absolute atomic E-state index is 0.0503. The van der Waals surface area contributed by atoms with E-state index in [0.717, 1.165) is 73.8 Å². The Balaban J connectivity index is 1.40. The number of rotatable bonds is 7. The Kier molecular flexibility index (Phi) is 8.53. The highest BCUT2D eigenvalue weighted by Gasteiger charge is 2.29. The highest BCUT2D eigenvalue weighted by Crippen LogP contribution is 2.22. The molecule has 1 aromatic rings. The van der Waals surface area contributed by atoms with Crippen LogP contribution in [-0.2, 0) is 4.79 Å². The molecule has 2 heterocycles. The fourth-order valence-electron chi connectivity index (χ4n) is 5.45. The zero-order valence-electron chi connectivity index (χ0n) is 20.0. The predicted octanol–water partition coefficient (Wildman–Crippen LogP) is 4.03. The molecule has 5 heteroatoms. The van der Waals surface area contributed by atoms with Crippen molar-refractivity contribution in [2.45, 2.75) is 59.8 Å². The molecule has 0 aromatic heterocycles. The van der Waals surface area contributed by atoms with Crippen LogP contribution in [0.3, 0.4) is 0 Å². The van der Waals surface area contributed by atoms with Crippen LogP contribution in [0.5, 0.6) is 0 Å². The summed E-state index contributed by atoms with van der Waals surface area (Å²) in [6.07, 6.45) is 5.24. The van der Waals surface area contributed by atoms with Gasteiger partial charge in [0.15, 0.2) is 0 Å². The summed E-state index contributed by atoms with van der Waals surface area (Å²) in [5.74, 6) is 1.66. The first-order valence-electron chi connectivity index (χ1n) is 12.2. The zero-order valence-corrected chi connectivity index (χ0v) is 20.0. The van der Waals surface area contributed by atoms with Crippen LogP contribution in [0, 0.1) is 31.6 Å². The summed E-state index contributed by atoms with van der Waals surface area (Å²) in [6, 6.07) is 5.97. The minimum Gasteiger partial charge on any atom is -0.356 e. The standard InChI is InChI=1S/C26H41N3O2/c1-19-12-20(2)15-24(14-19)26(31)29-11-7-8-23(18-29)25(30)27-9-5-6-10-28-16-21(3)13-22(4)17-28/h12,14-15,21-23H,5-11,13,16-18H2,1-4H3,(H,27,30). The van der Waals surface area contributed by atoms with E-state index in [9.17, 15) is 9.59 Å². The second-order valence-corrected chi connectivity index (χ2v) is 10.2. The average Bonchev–Trinajstić information content (AvgIpc) is 2.71. The molecule has 1 N–H and O–H groups in total. The molecule has 2 saturated heterocycles. The second-order valence-electron chi connectivity index (χ2n) is 10.2. The smallest absolute Gasteiger partial charge is 0.253 e. The Hall–Kier alpha value is -1.88. The Morgan fingerprint density at radius 3 is 2.35 bits per heavy atom. The van der Waals surface area contributed by atoms with E-state index in [0.29, 0.717) is 6.54 Å². The number of hydrogen-bond acceptors (Lipinski definition) is 3. The number of carbonyl (C=O) groups excluding carboxylic acids is 2. The van der Waals surface area contributed by atoms with Gasteiger partial charge in [0, 0.05) is 38.3 Å². The fraction of sp³-hybridized carbons (Fsp3) is 0.692. The van der Waals surface area contributed by atoms with Gasteiger partial charge in [0.1, 0.15) is 0 Å². The van der Waals surface area contributed by atoms with Crippen LogP contribution in [0.2, 0.25) is 0 Å². The topological polar surface area (TPSA) is 52.7 Å². The van der Waals surface area contributed by atoms with Crippen LogP contribution in [0.25, 0.3) is 0 Å². The maximum Gasteiger partial charge on any atom is 0.253 e. The average molecular weight is 428 g/mol. The lowest BCUT2D eigenvalue weighted by Crippen LogP contribution is -2.45. The number of amides is 2. The third-order valence-corrected chi connectivity index (χ3v) is 6.69. The Labute approximate surface area is 188 Å². The first-order valence-corrected chi connectivity index (χ1v) is 12.2. The number of hydrogen-bond donors (Lipinski definition) is 1. The molecule has 3 rings (SSSR count). The van der Waals surface area contributed by atoms with Crippen LogP contribution in [-0.4, -0.2) is 60.9 Å². The van der Waals surface area contributed by atoms with Crippen LogP contribution in [0.4, 0.5) is 0 Å². The number of likely N-dealkylation sites (tertiary alicyclic amines) is 2. The molecule has 172 valence electrons. The molecule has 3 atom stereocenters. The number of unbranched alkanes of at least 4 members (excludes halogenated alkanes) is 1. The van der Waals surface area contributed by atoms with Gasteiger partial charge in [-0.15, -0.1) is 0 Å². The summed E-state index contributed by atoms with van der Waals surface area (Å²) < 4.78 is 0. The highest BCUT2D eigenvalue weighted by atomic mass is 16.2. The van der Waals surface area contributed by atoms with Crippen LogP contribution >= 0.6 is 0 Å². The van der Waals surface area contributed by atoms with Gasteiger partial charge in [0.25, 0.3) is 5.91 Å². The maximum absolute atomic E-state index is 13.0. The number of nitrogens with one attached hydrogen (secondary N) is 1. The molecule has 0 spiro atoms. The molecule has 0 radical (unpaired) electrons. The van der Waals surface area contributed by atoms with Gasteiger partial charge in [-0.25, -0.2) is 0 Å². The SMILES string of the molecule is Cc1cc(C)cc(C(=O)N2CCCC(C(=O)NCCCCN3CC(C)CC(C)C3)C2)c1. The van der Waals surface area contributed by atoms with Crippen molar-refractivity contribution >= 4 is 11.8 Å². The lowest BCUT2D eigenvalue weighted by molar-refractivity contribution is -0.126. The number of aryl methyl sites for hydroxylation is 2. The molecule has 0 aliphatic carbocycles. The molecule has 2 aliphatic rings. The second kappa shape index (κ2) is 11.1. The van der Waals surface area contributed by atoms with Gasteiger partial charge in [0.2, 0.25) is 5.91 Å². The Morgan fingerprint density at radius 1 is 1.00 bits per heavy atom. The summed E-state index contributed by atoms with van der Waals surface area (Å²) >= 11 is 0. The summed E-state index contributed by atoms with van der Waals surface area (Å²) in [4.78, 5) is 30.1. The summed E-state index contributed by atoms with van der Waals surface area (Å²) in [7, 11) is 0. The van der Waals surface area contributed by atoms with Gasteiger partial charge in [-0.05, 0) is 76.5 Å². The van der Waals surface area contributed by atoms with E-state index in [4.69, 9.17) is 0 Å². The van der Waals surface area contributed by atoms with Crippen molar-refractivity contribution in [3.05, 3.63) is 34.9 Å². The first kappa shape index (κ1) is 23.8. The zero-order chi connectivity index (χ0) is 22.4. The molecule has 1 aromatic carbocycles. The van der Waals surface area contributed by atoms with Gasteiger partial charge < -0.3 is 15.1 Å². The van der Waals surface area contributed by atoms with Gasteiger partial charge >= 0.3 is 0 Å². The first-order chi connectivity index (χ1) is 14.8. The van der Waals surface area contributed by atoms with E-state index in [2.05, 4.69) is 30.1 Å². The Bertz CT molecular complexity index is 733. The molecule has 0 bridgehead atoms. The van der Waals surface area contributed by atoms with Crippen molar-refractivity contribution in [3.8, 4) is 0 Å². The van der Waals surface area contributed by atoms with Crippen molar-refractivity contribution < 1.29 is 9.59 Å². The molecule has 2 aliphatic heterocycles. The third kappa shape index (κ3) is 7.06. The van der Waals surface area contributed by atoms with Crippen molar-refractivity contribution in [2.75, 3.05) is 39.3 Å². The van der Waals surface area contributed by atoms with E-state index in [1.54, 1.807) is 0 Å². The van der Waals surface area contributed by atoms with E-state index >= 15 is 0 Å². The van der Waals surface area contributed by atoms with E-state index in [1.807, 2.05) is 30.9 Å². The van der Waals surface area contributed by atoms with Gasteiger partial charge in [-0.3, -0.25) is 9.59 Å². The van der Waals surface area contributed by atoms with E-state index < -0.39 is 0 Å². The molecular formula is C26H41N3O2. The van der Waals surface area contributed by atoms with Gasteiger partial charge in [-0.2, -0.15) is 0 Å². The number of nitrogens with zero attached hydrogens (tertiary/aromatic N) is 2. The molecule has 5 nitrogen and oxygen atoms in total. The van der Waals surface area contributed by atoms with E-state index in [-0.39, 0.29) is 17.7 Å². The molecular weight excluding hydrogens is 386 g/mol. The molecule has 0 saturated carbocycles. The van der Waals surface area contributed by atoms with Crippen molar-refractivity contribution in [1.82, 2.24) is 15.1 Å². The van der Waals surface area contributed by atoms with Crippen LogP contribution in [0.1, 0.15) is 67.4 Å². The van der Waals surface area contributed by atoms with Crippen molar-refractivity contribution in [2.24, 2.45) is 17.8 Å². The summed E-state index contributed by atoms with van der Waals surface area (Å²) in [6.45, 7) is 14.3. The minimum atomic E-state index is -0.0904. The molecule has 3 unspecified atom stereocenters. The summed E-state index contributed by atoms with van der Waals surface area (Å²) in [5, 5.41) is 3.13. The van der Waals surface area contributed by atoms with E-state index in [1.165, 1.54) is 19.5 Å². The normalized spacial score (nSPS) is 24.8. The van der Waals surface area contributed by atoms with Crippen LogP contribution in [0.15, 0.2) is 18.2 Å². The quantitative estimate of drug-likeness (QED) is 0.669. The predicted molar refractivity (Wildman–Crippen MR) is 126 cm³/mol. The molecule has 2 amide bonds. The van der Waals surface area contributed by atoms with Crippen molar-refractivity contribution in [3.63, 3.8) is 0 Å². The lowest BCUT2D eigenvalue weighted by atomic mass is 9.92. The third-order valence-electron chi connectivity index (χ3n) is 6.69. The summed E-state index contributed by atoms with van der Waals surface area (Å²) in [5.41, 5.74) is 2.94. The number of piperidine rings is 2. The molecule has 31 heavy (non-hydrogen) atoms. The highest BCUT2D eigenvalue weighted by molar-refractivity contribution is 5.95. The van der Waals surface area contributed by atoms with Gasteiger partial charge in [0.05, 0.1) is 5.92 Å².